The van der Waals surface area contributed by atoms with Gasteiger partial charge in [0.2, 0.25) is 0 Å². The largest absolute Gasteiger partial charge is 0.376 e. The van der Waals surface area contributed by atoms with Crippen LogP contribution in [0.4, 0.5) is 0 Å². The summed E-state index contributed by atoms with van der Waals surface area (Å²) in [5.74, 6) is 1.04. The van der Waals surface area contributed by atoms with Crippen molar-refractivity contribution in [2.45, 2.75) is 76.2 Å². The number of ether oxygens (including phenoxy) is 3. The van der Waals surface area contributed by atoms with E-state index in [4.69, 9.17) is 19.2 Å². The van der Waals surface area contributed by atoms with Gasteiger partial charge in [0, 0.05) is 38.8 Å². The fourth-order valence-electron chi connectivity index (χ4n) is 5.03. The second kappa shape index (κ2) is 10.9. The number of morpholine rings is 1. The Morgan fingerprint density at radius 2 is 1.93 bits per heavy atom. The third-order valence-electron chi connectivity index (χ3n) is 6.77. The summed E-state index contributed by atoms with van der Waals surface area (Å²) in [5.41, 5.74) is 0. The molecule has 0 amide bonds. The number of hydrogen-bond acceptors (Lipinski definition) is 5. The lowest BCUT2D eigenvalue weighted by Gasteiger charge is -2.36. The molecule has 3 atom stereocenters. The van der Waals surface area contributed by atoms with Crippen LogP contribution in [-0.4, -0.2) is 99.2 Å². The van der Waals surface area contributed by atoms with Gasteiger partial charge in [-0.25, -0.2) is 0 Å². The van der Waals surface area contributed by atoms with Gasteiger partial charge in [-0.3, -0.25) is 9.89 Å². The van der Waals surface area contributed by atoms with E-state index < -0.39 is 0 Å². The van der Waals surface area contributed by atoms with Crippen molar-refractivity contribution in [3.63, 3.8) is 0 Å². The molecule has 4 fully saturated rings. The van der Waals surface area contributed by atoms with Crippen LogP contribution in [0.25, 0.3) is 0 Å². The predicted molar refractivity (Wildman–Crippen MR) is 114 cm³/mol. The Hall–Kier alpha value is -0.890. The van der Waals surface area contributed by atoms with E-state index >= 15 is 0 Å². The third-order valence-corrected chi connectivity index (χ3v) is 6.77. The lowest BCUT2D eigenvalue weighted by atomic mass is 10.1. The van der Waals surface area contributed by atoms with Gasteiger partial charge in [0.15, 0.2) is 5.96 Å². The molecule has 29 heavy (non-hydrogen) atoms. The van der Waals surface area contributed by atoms with Crippen LogP contribution in [0.15, 0.2) is 4.99 Å². The summed E-state index contributed by atoms with van der Waals surface area (Å²) in [6.07, 6.45) is 9.26. The Labute approximate surface area is 176 Å². The number of aliphatic imine (C=N–C) groups is 1. The Balaban J connectivity index is 1.21. The normalized spacial score (nSPS) is 32.4. The molecule has 0 radical (unpaired) electrons. The first-order valence-corrected chi connectivity index (χ1v) is 11.9. The van der Waals surface area contributed by atoms with Gasteiger partial charge >= 0.3 is 0 Å². The molecule has 0 aromatic carbocycles. The van der Waals surface area contributed by atoms with Crippen molar-refractivity contribution in [3.8, 4) is 0 Å². The summed E-state index contributed by atoms with van der Waals surface area (Å²) in [6, 6.07) is 0.654. The molecule has 1 N–H and O–H groups in total. The monoisotopic (exact) mass is 408 g/mol. The van der Waals surface area contributed by atoms with Crippen molar-refractivity contribution >= 4 is 5.96 Å². The molecular formula is C22H40N4O3. The van der Waals surface area contributed by atoms with Gasteiger partial charge in [0.05, 0.1) is 38.1 Å². The topological polar surface area (TPSA) is 58.6 Å². The summed E-state index contributed by atoms with van der Waals surface area (Å²) in [4.78, 5) is 9.92. The molecule has 4 aliphatic heterocycles. The van der Waals surface area contributed by atoms with Gasteiger partial charge in [0.1, 0.15) is 0 Å². The first kappa shape index (κ1) is 21.3. The van der Waals surface area contributed by atoms with Crippen LogP contribution in [0.2, 0.25) is 0 Å². The van der Waals surface area contributed by atoms with Crippen LogP contribution in [0.5, 0.6) is 0 Å². The molecule has 7 heteroatoms. The fraction of sp³-hybridized carbons (Fsp3) is 0.955. The van der Waals surface area contributed by atoms with Gasteiger partial charge < -0.3 is 24.4 Å². The Morgan fingerprint density at radius 1 is 1.03 bits per heavy atom. The Bertz CT molecular complexity index is 518. The first-order chi connectivity index (χ1) is 14.3. The summed E-state index contributed by atoms with van der Waals surface area (Å²) in [6.45, 7) is 10.6. The number of nitrogens with one attached hydrogen (secondary N) is 1. The molecule has 166 valence electrons. The van der Waals surface area contributed by atoms with E-state index in [0.29, 0.717) is 18.2 Å². The van der Waals surface area contributed by atoms with E-state index in [9.17, 15) is 0 Å². The molecule has 4 rings (SSSR count). The predicted octanol–water partition coefficient (Wildman–Crippen LogP) is 1.87. The standard InChI is InChI=1S/C22H40N4O3/c1-2-23-22(24-14-21-15-26-10-5-6-18(26)16-28-21)25-11-8-19(9-12-25)29-17-20-7-3-4-13-27-20/h18-21H,2-17H2,1H3,(H,23,24). The molecule has 4 heterocycles. The van der Waals surface area contributed by atoms with Crippen LogP contribution in [0, 0.1) is 0 Å². The van der Waals surface area contributed by atoms with E-state index in [1.165, 1.54) is 32.2 Å². The van der Waals surface area contributed by atoms with Crippen molar-refractivity contribution < 1.29 is 14.2 Å². The second-order valence-electron chi connectivity index (χ2n) is 8.95. The third kappa shape index (κ3) is 6.06. The van der Waals surface area contributed by atoms with Crippen molar-refractivity contribution in [1.29, 1.82) is 0 Å². The quantitative estimate of drug-likeness (QED) is 0.535. The maximum Gasteiger partial charge on any atom is 0.194 e. The van der Waals surface area contributed by atoms with E-state index in [1.807, 2.05) is 0 Å². The molecule has 0 aliphatic carbocycles. The van der Waals surface area contributed by atoms with Crippen molar-refractivity contribution in [1.82, 2.24) is 15.1 Å². The molecule has 4 saturated heterocycles. The van der Waals surface area contributed by atoms with E-state index in [-0.39, 0.29) is 6.10 Å². The van der Waals surface area contributed by atoms with Crippen LogP contribution in [-0.2, 0) is 14.2 Å². The number of nitrogens with zero attached hydrogens (tertiary/aromatic N) is 3. The highest BCUT2D eigenvalue weighted by atomic mass is 16.5. The van der Waals surface area contributed by atoms with Gasteiger partial charge in [-0.05, 0) is 58.4 Å². The van der Waals surface area contributed by atoms with Crippen LogP contribution >= 0.6 is 0 Å². The summed E-state index contributed by atoms with van der Waals surface area (Å²) >= 11 is 0. The molecule has 0 aromatic rings. The van der Waals surface area contributed by atoms with E-state index in [2.05, 4.69) is 22.0 Å². The fourth-order valence-corrected chi connectivity index (χ4v) is 5.03. The van der Waals surface area contributed by atoms with Crippen LogP contribution < -0.4 is 5.32 Å². The number of guanidine groups is 1. The molecule has 4 aliphatic rings. The zero-order valence-corrected chi connectivity index (χ0v) is 18.2. The Kier molecular flexibility index (Phi) is 8.05. The molecule has 0 aromatic heterocycles. The molecule has 0 saturated carbocycles. The van der Waals surface area contributed by atoms with Gasteiger partial charge in [-0.1, -0.05) is 0 Å². The number of fused-ring (bicyclic) bond motifs is 1. The molecule has 0 spiro atoms. The van der Waals surface area contributed by atoms with Gasteiger partial charge in [-0.15, -0.1) is 0 Å². The Morgan fingerprint density at radius 3 is 2.72 bits per heavy atom. The molecule has 3 unspecified atom stereocenters. The maximum absolute atomic E-state index is 6.17. The zero-order valence-electron chi connectivity index (χ0n) is 18.2. The highest BCUT2D eigenvalue weighted by molar-refractivity contribution is 5.80. The van der Waals surface area contributed by atoms with Crippen molar-refractivity contribution in [3.05, 3.63) is 0 Å². The average molecular weight is 409 g/mol. The smallest absolute Gasteiger partial charge is 0.194 e. The maximum atomic E-state index is 6.17. The number of rotatable bonds is 6. The SMILES string of the molecule is CCNC(=NCC1CN2CCCC2CO1)N1CCC(OCC2CCCCO2)CC1. The van der Waals surface area contributed by atoms with Crippen LogP contribution in [0.3, 0.4) is 0 Å². The molecule has 0 bridgehead atoms. The highest BCUT2D eigenvalue weighted by Crippen LogP contribution is 2.23. The minimum Gasteiger partial charge on any atom is -0.376 e. The van der Waals surface area contributed by atoms with Crippen molar-refractivity contribution in [2.24, 2.45) is 4.99 Å². The van der Waals surface area contributed by atoms with E-state index in [0.717, 1.165) is 77.8 Å². The number of hydrogen-bond donors (Lipinski definition) is 1. The van der Waals surface area contributed by atoms with E-state index in [1.54, 1.807) is 0 Å². The summed E-state index contributed by atoms with van der Waals surface area (Å²) in [5, 5.41) is 3.48. The van der Waals surface area contributed by atoms with Gasteiger partial charge in [0.25, 0.3) is 0 Å². The summed E-state index contributed by atoms with van der Waals surface area (Å²) in [7, 11) is 0. The first-order valence-electron chi connectivity index (χ1n) is 11.9. The van der Waals surface area contributed by atoms with Gasteiger partial charge in [-0.2, -0.15) is 0 Å². The molecular weight excluding hydrogens is 368 g/mol. The van der Waals surface area contributed by atoms with Crippen LogP contribution in [0.1, 0.15) is 51.9 Å². The molecule has 7 nitrogen and oxygen atoms in total. The second-order valence-corrected chi connectivity index (χ2v) is 8.95. The number of likely N-dealkylation sites (tertiary alicyclic amines) is 1. The van der Waals surface area contributed by atoms with Crippen molar-refractivity contribution in [2.75, 3.05) is 59.1 Å². The zero-order chi connectivity index (χ0) is 19.9. The highest BCUT2D eigenvalue weighted by Gasteiger charge is 2.32. The lowest BCUT2D eigenvalue weighted by molar-refractivity contribution is -0.0721. The number of piperidine rings is 1. The minimum absolute atomic E-state index is 0.231. The summed E-state index contributed by atoms with van der Waals surface area (Å²) < 4.78 is 18.1. The average Bonchev–Trinajstić information content (AvgIpc) is 3.24. The lowest BCUT2D eigenvalue weighted by Crippen LogP contribution is -2.49. The minimum atomic E-state index is 0.231.